The highest BCUT2D eigenvalue weighted by molar-refractivity contribution is 5.86. The summed E-state index contributed by atoms with van der Waals surface area (Å²) in [7, 11) is 1.29. The molecule has 17 heavy (non-hydrogen) atoms. The normalized spacial score (nSPS) is 9.94. The number of amides is 1. The number of hydrazine groups is 1. The van der Waals surface area contributed by atoms with E-state index in [0.717, 1.165) is 0 Å². The fraction of sp³-hybridized carbons (Fsp3) is 0.100. The Balaban J connectivity index is 2.58. The standard InChI is InChI=1S/C10H11N3O4/c1-17-9(14)5-3-7-2-4-8(11-6-7)12-13-10(15)16/h2-6,13H,1H3,(H,11,12)(H,15,16)/b5-3+. The van der Waals surface area contributed by atoms with E-state index in [1.165, 1.54) is 25.5 Å². The lowest BCUT2D eigenvalue weighted by Crippen LogP contribution is -2.27. The van der Waals surface area contributed by atoms with Crippen LogP contribution in [0, 0.1) is 0 Å². The third-order valence-electron chi connectivity index (χ3n) is 1.70. The third kappa shape index (κ3) is 4.65. The first-order valence-corrected chi connectivity index (χ1v) is 4.59. The van der Waals surface area contributed by atoms with Crippen molar-refractivity contribution in [1.82, 2.24) is 10.4 Å². The summed E-state index contributed by atoms with van der Waals surface area (Å²) in [6.45, 7) is 0. The number of hydrogen-bond acceptors (Lipinski definition) is 5. The topological polar surface area (TPSA) is 101 Å². The first kappa shape index (κ1) is 12.5. The summed E-state index contributed by atoms with van der Waals surface area (Å²) in [5, 5.41) is 8.34. The molecule has 0 spiro atoms. The van der Waals surface area contributed by atoms with Crippen LogP contribution in [-0.4, -0.2) is 29.3 Å². The Morgan fingerprint density at radius 2 is 2.24 bits per heavy atom. The van der Waals surface area contributed by atoms with Crippen molar-refractivity contribution in [3.63, 3.8) is 0 Å². The summed E-state index contributed by atoms with van der Waals surface area (Å²) >= 11 is 0. The Labute approximate surface area is 97.1 Å². The number of rotatable bonds is 4. The minimum atomic E-state index is -1.21. The third-order valence-corrected chi connectivity index (χ3v) is 1.70. The first-order chi connectivity index (χ1) is 8.11. The summed E-state index contributed by atoms with van der Waals surface area (Å²) in [6, 6.07) is 3.23. The van der Waals surface area contributed by atoms with Gasteiger partial charge in [0.15, 0.2) is 0 Å². The van der Waals surface area contributed by atoms with E-state index in [1.807, 2.05) is 5.43 Å². The van der Waals surface area contributed by atoms with Gasteiger partial charge in [-0.3, -0.25) is 5.43 Å². The second kappa shape index (κ2) is 6.11. The number of carbonyl (C=O) groups excluding carboxylic acids is 1. The Morgan fingerprint density at radius 3 is 2.76 bits per heavy atom. The lowest BCUT2D eigenvalue weighted by atomic mass is 10.2. The molecule has 0 saturated carbocycles. The van der Waals surface area contributed by atoms with E-state index in [-0.39, 0.29) is 0 Å². The SMILES string of the molecule is COC(=O)/C=C/c1ccc(NNC(=O)O)nc1. The molecule has 7 heteroatoms. The Kier molecular flexibility index (Phi) is 4.49. The van der Waals surface area contributed by atoms with Crippen LogP contribution in [0.3, 0.4) is 0 Å². The zero-order valence-corrected chi connectivity index (χ0v) is 9.01. The molecule has 0 aromatic carbocycles. The average molecular weight is 237 g/mol. The van der Waals surface area contributed by atoms with Crippen molar-refractivity contribution >= 4 is 24.0 Å². The Bertz CT molecular complexity index is 428. The molecule has 0 aliphatic carbocycles. The van der Waals surface area contributed by atoms with Gasteiger partial charge in [0.1, 0.15) is 5.82 Å². The summed E-state index contributed by atoms with van der Waals surface area (Å²) < 4.78 is 4.43. The van der Waals surface area contributed by atoms with Crippen LogP contribution in [0.4, 0.5) is 10.6 Å². The van der Waals surface area contributed by atoms with Gasteiger partial charge in [0.05, 0.1) is 7.11 Å². The minimum absolute atomic E-state index is 0.350. The molecule has 1 aromatic rings. The van der Waals surface area contributed by atoms with Gasteiger partial charge < -0.3 is 9.84 Å². The van der Waals surface area contributed by atoms with E-state index >= 15 is 0 Å². The maximum atomic E-state index is 10.8. The van der Waals surface area contributed by atoms with Crippen molar-refractivity contribution in [1.29, 1.82) is 0 Å². The van der Waals surface area contributed by atoms with Crippen LogP contribution in [0.1, 0.15) is 5.56 Å². The zero-order chi connectivity index (χ0) is 12.7. The summed E-state index contributed by atoms with van der Waals surface area (Å²) in [6.07, 6.45) is 3.07. The number of ether oxygens (including phenoxy) is 1. The number of aromatic nitrogens is 1. The minimum Gasteiger partial charge on any atom is -0.466 e. The monoisotopic (exact) mass is 237 g/mol. The molecule has 1 amide bonds. The number of hydrogen-bond donors (Lipinski definition) is 3. The number of nitrogens with zero attached hydrogens (tertiary/aromatic N) is 1. The van der Waals surface area contributed by atoms with Gasteiger partial charge in [0, 0.05) is 12.3 Å². The quantitative estimate of drug-likeness (QED) is 0.408. The summed E-state index contributed by atoms with van der Waals surface area (Å²) in [5.41, 5.74) is 5.01. The van der Waals surface area contributed by atoms with Gasteiger partial charge in [0.2, 0.25) is 0 Å². The van der Waals surface area contributed by atoms with Crippen LogP contribution in [0.25, 0.3) is 6.08 Å². The second-order valence-corrected chi connectivity index (χ2v) is 2.89. The maximum absolute atomic E-state index is 10.8. The Morgan fingerprint density at radius 1 is 1.47 bits per heavy atom. The molecule has 3 N–H and O–H groups in total. The second-order valence-electron chi connectivity index (χ2n) is 2.89. The lowest BCUT2D eigenvalue weighted by Gasteiger charge is -2.03. The number of nitrogens with one attached hydrogen (secondary N) is 2. The van der Waals surface area contributed by atoms with Crippen molar-refractivity contribution in [2.24, 2.45) is 0 Å². The van der Waals surface area contributed by atoms with Crippen LogP contribution >= 0.6 is 0 Å². The number of esters is 1. The van der Waals surface area contributed by atoms with Gasteiger partial charge in [-0.05, 0) is 23.8 Å². The molecule has 90 valence electrons. The molecular formula is C10H11N3O4. The van der Waals surface area contributed by atoms with E-state index < -0.39 is 12.1 Å². The van der Waals surface area contributed by atoms with Crippen LogP contribution in [-0.2, 0) is 9.53 Å². The molecule has 0 fully saturated rings. The van der Waals surface area contributed by atoms with Gasteiger partial charge in [-0.1, -0.05) is 0 Å². The lowest BCUT2D eigenvalue weighted by molar-refractivity contribution is -0.134. The largest absolute Gasteiger partial charge is 0.466 e. The van der Waals surface area contributed by atoms with E-state index in [9.17, 15) is 9.59 Å². The van der Waals surface area contributed by atoms with Crippen molar-refractivity contribution in [3.8, 4) is 0 Å². The molecule has 0 aliphatic rings. The van der Waals surface area contributed by atoms with Crippen molar-refractivity contribution < 1.29 is 19.4 Å². The molecule has 1 heterocycles. The van der Waals surface area contributed by atoms with E-state index in [2.05, 4.69) is 15.1 Å². The number of anilines is 1. The van der Waals surface area contributed by atoms with Crippen LogP contribution < -0.4 is 10.9 Å². The average Bonchev–Trinajstić information content (AvgIpc) is 2.34. The molecule has 0 aliphatic heterocycles. The molecule has 0 radical (unpaired) electrons. The number of pyridine rings is 1. The Hall–Kier alpha value is -2.57. The van der Waals surface area contributed by atoms with Gasteiger partial charge >= 0.3 is 12.1 Å². The van der Waals surface area contributed by atoms with Crippen LogP contribution in [0.2, 0.25) is 0 Å². The first-order valence-electron chi connectivity index (χ1n) is 4.59. The summed E-state index contributed by atoms with van der Waals surface area (Å²) in [4.78, 5) is 24.9. The number of methoxy groups -OCH3 is 1. The molecular weight excluding hydrogens is 226 g/mol. The smallest absolute Gasteiger partial charge is 0.423 e. The van der Waals surface area contributed by atoms with Gasteiger partial charge in [-0.25, -0.2) is 20.0 Å². The van der Waals surface area contributed by atoms with Crippen molar-refractivity contribution in [2.45, 2.75) is 0 Å². The fourth-order valence-corrected chi connectivity index (χ4v) is 0.928. The molecule has 0 unspecified atom stereocenters. The summed E-state index contributed by atoms with van der Waals surface area (Å²) in [5.74, 6) is -0.109. The maximum Gasteiger partial charge on any atom is 0.423 e. The molecule has 0 saturated heterocycles. The molecule has 0 bridgehead atoms. The highest BCUT2D eigenvalue weighted by atomic mass is 16.5. The number of carbonyl (C=O) groups is 2. The van der Waals surface area contributed by atoms with Crippen LogP contribution in [0.15, 0.2) is 24.4 Å². The van der Waals surface area contributed by atoms with Gasteiger partial charge in [-0.15, -0.1) is 0 Å². The van der Waals surface area contributed by atoms with E-state index in [4.69, 9.17) is 5.11 Å². The predicted molar refractivity (Wildman–Crippen MR) is 60.1 cm³/mol. The van der Waals surface area contributed by atoms with Gasteiger partial charge in [0.25, 0.3) is 0 Å². The van der Waals surface area contributed by atoms with Crippen LogP contribution in [0.5, 0.6) is 0 Å². The van der Waals surface area contributed by atoms with Gasteiger partial charge in [-0.2, -0.15) is 0 Å². The highest BCUT2D eigenvalue weighted by Crippen LogP contribution is 2.05. The highest BCUT2D eigenvalue weighted by Gasteiger charge is 1.96. The molecule has 0 atom stereocenters. The van der Waals surface area contributed by atoms with E-state index in [1.54, 1.807) is 12.1 Å². The molecule has 1 rings (SSSR count). The van der Waals surface area contributed by atoms with Crippen molar-refractivity contribution in [2.75, 3.05) is 12.5 Å². The molecule has 7 nitrogen and oxygen atoms in total. The predicted octanol–water partition coefficient (Wildman–Crippen LogP) is 0.862. The number of carboxylic acid groups (broad SMARTS) is 1. The van der Waals surface area contributed by atoms with E-state index in [0.29, 0.717) is 11.4 Å². The zero-order valence-electron chi connectivity index (χ0n) is 9.01. The fourth-order valence-electron chi connectivity index (χ4n) is 0.928. The van der Waals surface area contributed by atoms with Crippen molar-refractivity contribution in [3.05, 3.63) is 30.0 Å². The molecule has 1 aromatic heterocycles.